The van der Waals surface area contributed by atoms with Gasteiger partial charge in [-0.15, -0.1) is 0 Å². The molecule has 5 aliphatic rings. The van der Waals surface area contributed by atoms with Crippen LogP contribution in [0.4, 0.5) is 18.0 Å². The molecule has 1 aromatic carbocycles. The summed E-state index contributed by atoms with van der Waals surface area (Å²) >= 11 is 0. The second kappa shape index (κ2) is 23.8. The van der Waals surface area contributed by atoms with Crippen LogP contribution in [0.25, 0.3) is 22.6 Å². The van der Waals surface area contributed by atoms with Crippen LogP contribution in [0.15, 0.2) is 72.9 Å². The minimum absolute atomic E-state index is 0. The first-order valence-corrected chi connectivity index (χ1v) is 27.5. The third-order valence-corrected chi connectivity index (χ3v) is 16.2. The summed E-state index contributed by atoms with van der Waals surface area (Å²) in [5.41, 5.74) is -2.40. The number of nitrogens with zero attached hydrogens (tertiary/aromatic N) is 3. The van der Waals surface area contributed by atoms with Crippen molar-refractivity contribution >= 4 is 33.8 Å². The van der Waals surface area contributed by atoms with E-state index in [1.54, 1.807) is 50.4 Å². The molecule has 412 valence electrons. The zero-order chi connectivity index (χ0) is 54.2. The van der Waals surface area contributed by atoms with Gasteiger partial charge in [0.15, 0.2) is 0 Å². The van der Waals surface area contributed by atoms with E-state index < -0.39 is 99.0 Å². The van der Waals surface area contributed by atoms with Gasteiger partial charge < -0.3 is 34.5 Å². The lowest BCUT2D eigenvalue weighted by Gasteiger charge is -2.38. The second-order valence-electron chi connectivity index (χ2n) is 20.1. The van der Waals surface area contributed by atoms with E-state index in [4.69, 9.17) is 23.9 Å². The van der Waals surface area contributed by atoms with Crippen LogP contribution in [-0.2, 0) is 33.9 Å². The summed E-state index contributed by atoms with van der Waals surface area (Å²) in [5, 5.41) is 5.31. The maximum absolute atomic E-state index is 15.2. The number of benzene rings is 1. The largest absolute Gasteiger partial charge is 0.491 e. The van der Waals surface area contributed by atoms with Gasteiger partial charge in [-0.3, -0.25) is 24.1 Å². The number of alkyl carbamates (subject to hydrolysis) is 1. The molecule has 3 aliphatic heterocycles. The summed E-state index contributed by atoms with van der Waals surface area (Å²) in [5.74, 6) is -2.84. The highest BCUT2D eigenvalue weighted by molar-refractivity contribution is 7.91. The molecule has 8 rings (SSSR count). The van der Waals surface area contributed by atoms with Crippen LogP contribution in [-0.4, -0.2) is 113 Å². The number of fused-ring (bicyclic) bond motifs is 2. The third kappa shape index (κ3) is 13.2. The van der Waals surface area contributed by atoms with Gasteiger partial charge in [0.05, 0.1) is 41.1 Å². The number of nitrogens with one attached hydrogen (secondary N) is 3. The first-order valence-electron chi connectivity index (χ1n) is 26.0. The quantitative estimate of drug-likeness (QED) is 0.154. The fourth-order valence-electron chi connectivity index (χ4n) is 9.60. The Balaban J connectivity index is 0.00000218. The van der Waals surface area contributed by atoms with Crippen LogP contribution in [0.1, 0.15) is 124 Å². The van der Waals surface area contributed by atoms with E-state index in [1.165, 1.54) is 4.90 Å². The number of amides is 4. The van der Waals surface area contributed by atoms with Crippen molar-refractivity contribution in [3.63, 3.8) is 0 Å². The monoisotopic (exact) mass is 1060 g/mol. The van der Waals surface area contributed by atoms with E-state index in [0.29, 0.717) is 60.7 Å². The lowest BCUT2D eigenvalue weighted by Crippen LogP contribution is -2.60. The predicted molar refractivity (Wildman–Crippen MR) is 279 cm³/mol. The van der Waals surface area contributed by atoms with Gasteiger partial charge in [0.25, 0.3) is 5.91 Å². The number of carbonyl (C=O) groups is 4. The molecular weight excluding hydrogens is 982 g/mol. The highest BCUT2D eigenvalue weighted by Gasteiger charge is 2.63. The Hall–Kier alpha value is -5.76. The molecule has 1 unspecified atom stereocenters. The van der Waals surface area contributed by atoms with Gasteiger partial charge in [0.1, 0.15) is 35.2 Å². The van der Waals surface area contributed by atoms with E-state index >= 15 is 4.79 Å². The SMILES string of the molecule is CC.CC.CC(C)Oc1ccc(-c2cc(O[C@@H]3C[C@H]4C(=O)N[C@]5(C(=O)NS(=O)(=O)C6(C)CC6)C[C@H]5/C=C\CC[C@@H](C)C[C@@H](C)[C@H](NC(=O)OC5(C(F)(F)F)CCCOC5)C(=O)N4C3)cc(-c3ccccn3)n2)cc1.[HH].[HH].[HH]. The average molecular weight is 1060 g/mol. The van der Waals surface area contributed by atoms with Crippen LogP contribution >= 0.6 is 0 Å². The fourth-order valence-corrected chi connectivity index (χ4v) is 10.9. The summed E-state index contributed by atoms with van der Waals surface area (Å²) in [6.07, 6.45) is -0.547. The molecule has 0 spiro atoms. The van der Waals surface area contributed by atoms with Crippen molar-refractivity contribution in [1.82, 2.24) is 30.2 Å². The topological polar surface area (TPSA) is 204 Å². The number of sulfonamides is 1. The maximum Gasteiger partial charge on any atom is 0.430 e. The number of halogens is 3. The Morgan fingerprint density at radius 2 is 1.66 bits per heavy atom. The van der Waals surface area contributed by atoms with Crippen molar-refractivity contribution in [3.05, 3.63) is 72.9 Å². The molecule has 4 amide bonds. The van der Waals surface area contributed by atoms with E-state index in [0.717, 1.165) is 5.56 Å². The van der Waals surface area contributed by atoms with Gasteiger partial charge in [-0.2, -0.15) is 13.2 Å². The molecule has 3 aromatic rings. The molecule has 20 heteroatoms. The predicted octanol–water partition coefficient (Wildman–Crippen LogP) is 9.83. The average Bonchev–Trinajstić information content (AvgIpc) is 4.26. The number of aromatic nitrogens is 2. The number of carbonyl (C=O) groups excluding carboxylic acids is 4. The number of rotatable bonds is 11. The van der Waals surface area contributed by atoms with E-state index in [1.807, 2.05) is 84.9 Å². The Labute approximate surface area is 437 Å². The molecule has 4 fully saturated rings. The standard InChI is InChI=1S/C50H61F3N6O10S.2C2H6.3H2/c1-30(2)67-35-16-14-33(15-17-35)39-24-36(25-40(55-39)38-13-8-9-21-54-38)68-37-26-41-43(60)57-49(45(62)58-70(64,65)47(5)19-20-47)27-34(49)12-7-6-11-31(3)23-32(4)42(44(61)59(41)28-37)56-46(63)69-48(50(51,52)53)18-10-22-66-29-48;2*1-2;;;/h7-9,12-17,21,24-25,30-32,34,37,41-42H,6,10-11,18-20,22-23,26-29H2,1-5H3,(H,56,63)(H,57,60)(H,58,62);2*1-2H3;3*1H/b12-7-;;;;;/t31-,32-,34-,37-,41+,42+,48?,49-;;;;;/m1...../s1. The normalized spacial score (nSPS) is 28.1. The van der Waals surface area contributed by atoms with E-state index in [9.17, 15) is 36.0 Å². The molecule has 74 heavy (non-hydrogen) atoms. The number of allylic oxidation sites excluding steroid dienone is 1. The molecule has 2 aliphatic carbocycles. The highest BCUT2D eigenvalue weighted by atomic mass is 32.2. The van der Waals surface area contributed by atoms with E-state index in [-0.39, 0.29) is 48.7 Å². The fraction of sp³-hybridized carbons (Fsp3) is 0.593. The molecule has 2 saturated heterocycles. The number of hydrogen-bond acceptors (Lipinski definition) is 12. The van der Waals surface area contributed by atoms with Crippen molar-refractivity contribution in [3.8, 4) is 34.1 Å². The van der Waals surface area contributed by atoms with Crippen molar-refractivity contribution in [2.45, 2.75) is 166 Å². The molecule has 0 radical (unpaired) electrons. The van der Waals surface area contributed by atoms with Gasteiger partial charge in [-0.1, -0.05) is 59.8 Å². The minimum atomic E-state index is -4.99. The second-order valence-corrected chi connectivity index (χ2v) is 22.3. The molecule has 16 nitrogen and oxygen atoms in total. The highest BCUT2D eigenvalue weighted by Crippen LogP contribution is 2.48. The Morgan fingerprint density at radius 1 is 0.959 bits per heavy atom. The minimum Gasteiger partial charge on any atom is -0.491 e. The van der Waals surface area contributed by atoms with Gasteiger partial charge in [0.2, 0.25) is 27.4 Å². The number of alkyl halides is 3. The van der Waals surface area contributed by atoms with Gasteiger partial charge in [-0.05, 0) is 114 Å². The number of ether oxygens (including phenoxy) is 4. The molecule has 3 N–H and O–H groups in total. The van der Waals surface area contributed by atoms with Crippen LogP contribution in [0.2, 0.25) is 0 Å². The molecular formula is C54H79F3N6O10S. The molecule has 8 atom stereocenters. The van der Waals surface area contributed by atoms with E-state index in [2.05, 4.69) is 20.3 Å². The smallest absolute Gasteiger partial charge is 0.430 e. The van der Waals surface area contributed by atoms with Crippen LogP contribution in [0, 0.1) is 17.8 Å². The lowest BCUT2D eigenvalue weighted by atomic mass is 9.88. The maximum atomic E-state index is 15.2. The summed E-state index contributed by atoms with van der Waals surface area (Å²) < 4.78 is 94.4. The summed E-state index contributed by atoms with van der Waals surface area (Å²) in [7, 11) is -4.12. The summed E-state index contributed by atoms with van der Waals surface area (Å²) in [4.78, 5) is 68.5. The van der Waals surface area contributed by atoms with Gasteiger partial charge in [-0.25, -0.2) is 18.2 Å². The van der Waals surface area contributed by atoms with Gasteiger partial charge >= 0.3 is 12.3 Å². The molecule has 2 saturated carbocycles. The summed E-state index contributed by atoms with van der Waals surface area (Å²) in [6, 6.07) is 13.2. The zero-order valence-electron chi connectivity index (χ0n) is 43.9. The van der Waals surface area contributed by atoms with Crippen molar-refractivity contribution in [2.75, 3.05) is 19.8 Å². The number of pyridine rings is 2. The van der Waals surface area contributed by atoms with Crippen molar-refractivity contribution < 1.29 is 64.0 Å². The van der Waals surface area contributed by atoms with Crippen LogP contribution in [0.3, 0.4) is 0 Å². The first kappa shape index (κ1) is 57.5. The molecule has 0 bridgehead atoms. The van der Waals surface area contributed by atoms with Crippen molar-refractivity contribution in [2.24, 2.45) is 17.8 Å². The van der Waals surface area contributed by atoms with Crippen molar-refractivity contribution in [1.29, 1.82) is 0 Å². The number of hydrogen-bond donors (Lipinski definition) is 3. The zero-order valence-corrected chi connectivity index (χ0v) is 44.7. The Morgan fingerprint density at radius 3 is 2.28 bits per heavy atom. The first-order chi connectivity index (χ1) is 35.1. The Bertz CT molecular complexity index is 2590. The molecule has 5 heterocycles. The lowest BCUT2D eigenvalue weighted by molar-refractivity contribution is -0.285. The van der Waals surface area contributed by atoms with Crippen LogP contribution < -0.4 is 24.8 Å². The summed E-state index contributed by atoms with van der Waals surface area (Å²) in [6.45, 7) is 15.9. The van der Waals surface area contributed by atoms with Crippen LogP contribution in [0.5, 0.6) is 11.5 Å². The Kier molecular flexibility index (Phi) is 18.5. The van der Waals surface area contributed by atoms with Gasteiger partial charge in [0, 0.05) is 53.5 Å². The third-order valence-electron chi connectivity index (χ3n) is 14.1. The molecule has 2 aromatic heterocycles.